The largest absolute Gasteiger partial charge is 0.392 e. The number of halogens is 1. The summed E-state index contributed by atoms with van der Waals surface area (Å²) < 4.78 is 1.67. The molecule has 0 bridgehead atoms. The number of aliphatic hydroxyl groups excluding tert-OH is 1. The minimum absolute atomic E-state index is 0.0264. The number of hydrogen-bond acceptors (Lipinski definition) is 4. The van der Waals surface area contributed by atoms with Crippen molar-refractivity contribution in [2.75, 3.05) is 0 Å². The van der Waals surface area contributed by atoms with E-state index in [9.17, 15) is 5.11 Å². The molecule has 6 heteroatoms. The van der Waals surface area contributed by atoms with Gasteiger partial charge in [-0.2, -0.15) is 5.10 Å². The highest BCUT2D eigenvalue weighted by atomic mass is 35.5. The normalized spacial score (nSPS) is 11.2. The number of fused-ring (bicyclic) bond motifs is 1. The van der Waals surface area contributed by atoms with Crippen LogP contribution >= 0.6 is 11.6 Å². The average Bonchev–Trinajstić information content (AvgIpc) is 3.00. The van der Waals surface area contributed by atoms with Crippen LogP contribution in [0.25, 0.3) is 33.5 Å². The molecule has 0 saturated heterocycles. The number of benzene rings is 2. The lowest BCUT2D eigenvalue weighted by Gasteiger charge is -2.05. The van der Waals surface area contributed by atoms with Crippen LogP contribution in [0.15, 0.2) is 54.6 Å². The summed E-state index contributed by atoms with van der Waals surface area (Å²) in [4.78, 5) is 0. The molecule has 2 aromatic carbocycles. The Labute approximate surface area is 149 Å². The lowest BCUT2D eigenvalue weighted by atomic mass is 10.0. The fourth-order valence-corrected chi connectivity index (χ4v) is 3.21. The van der Waals surface area contributed by atoms with Crippen LogP contribution in [-0.2, 0) is 13.7 Å². The molecule has 0 unspecified atom stereocenters. The van der Waals surface area contributed by atoms with E-state index in [1.165, 1.54) is 0 Å². The third kappa shape index (κ3) is 2.67. The highest BCUT2D eigenvalue weighted by Gasteiger charge is 2.19. The smallest absolute Gasteiger partial charge is 0.182 e. The summed E-state index contributed by atoms with van der Waals surface area (Å²) in [5, 5.41) is 23.9. The monoisotopic (exact) mass is 350 g/mol. The molecule has 124 valence electrons. The standard InChI is InChI=1S/C19H15ClN4O/c1-24-19-15(17(23-24)14-9-5-6-12(10-14)11-25)16(20)18(21-22-19)13-7-3-2-4-8-13/h2-10,25H,11H2,1H3. The zero-order valence-corrected chi connectivity index (χ0v) is 14.3. The predicted octanol–water partition coefficient (Wildman–Crippen LogP) is 3.84. The van der Waals surface area contributed by atoms with Crippen molar-refractivity contribution in [1.29, 1.82) is 0 Å². The Morgan fingerprint density at radius 1 is 0.960 bits per heavy atom. The minimum atomic E-state index is -0.0264. The Kier molecular flexibility index (Phi) is 3.95. The van der Waals surface area contributed by atoms with Gasteiger partial charge in [-0.3, -0.25) is 0 Å². The first kappa shape index (κ1) is 15.7. The van der Waals surface area contributed by atoms with Crippen molar-refractivity contribution >= 4 is 22.6 Å². The second-order valence-corrected chi connectivity index (χ2v) is 6.14. The van der Waals surface area contributed by atoms with Crippen LogP contribution < -0.4 is 0 Å². The summed E-state index contributed by atoms with van der Waals surface area (Å²) in [7, 11) is 1.81. The number of aliphatic hydroxyl groups is 1. The van der Waals surface area contributed by atoms with E-state index in [4.69, 9.17) is 11.6 Å². The van der Waals surface area contributed by atoms with Crippen LogP contribution in [0.4, 0.5) is 0 Å². The number of rotatable bonds is 3. The molecule has 0 radical (unpaired) electrons. The van der Waals surface area contributed by atoms with Crippen LogP contribution in [0.5, 0.6) is 0 Å². The number of hydrogen-bond donors (Lipinski definition) is 1. The molecule has 2 heterocycles. The molecule has 5 nitrogen and oxygen atoms in total. The highest BCUT2D eigenvalue weighted by molar-refractivity contribution is 6.38. The molecule has 4 rings (SSSR count). The number of aromatic nitrogens is 4. The summed E-state index contributed by atoms with van der Waals surface area (Å²) >= 11 is 6.71. The zero-order chi connectivity index (χ0) is 17.4. The fourth-order valence-electron chi connectivity index (χ4n) is 2.89. The van der Waals surface area contributed by atoms with Gasteiger partial charge in [-0.25, -0.2) is 4.68 Å². The van der Waals surface area contributed by atoms with Gasteiger partial charge in [-0.05, 0) is 11.6 Å². The number of nitrogens with zero attached hydrogens (tertiary/aromatic N) is 4. The Balaban J connectivity index is 1.99. The summed E-state index contributed by atoms with van der Waals surface area (Å²) in [5.74, 6) is 0. The van der Waals surface area contributed by atoms with Crippen molar-refractivity contribution in [3.63, 3.8) is 0 Å². The quantitative estimate of drug-likeness (QED) is 0.609. The van der Waals surface area contributed by atoms with E-state index in [0.29, 0.717) is 16.4 Å². The molecule has 25 heavy (non-hydrogen) atoms. The molecule has 0 atom stereocenters. The van der Waals surface area contributed by atoms with Gasteiger partial charge in [0.05, 0.1) is 17.0 Å². The topological polar surface area (TPSA) is 63.8 Å². The van der Waals surface area contributed by atoms with E-state index in [2.05, 4.69) is 15.3 Å². The molecular formula is C19H15ClN4O. The Morgan fingerprint density at radius 3 is 2.48 bits per heavy atom. The maximum Gasteiger partial charge on any atom is 0.182 e. The molecule has 0 aliphatic carbocycles. The van der Waals surface area contributed by atoms with Crippen LogP contribution in [-0.4, -0.2) is 25.1 Å². The lowest BCUT2D eigenvalue weighted by Crippen LogP contribution is -1.95. The van der Waals surface area contributed by atoms with Crippen molar-refractivity contribution in [2.24, 2.45) is 7.05 Å². The Bertz CT molecular complexity index is 1060. The first-order valence-corrected chi connectivity index (χ1v) is 8.21. The molecule has 0 amide bonds. The maximum atomic E-state index is 9.40. The van der Waals surface area contributed by atoms with Crippen molar-refractivity contribution < 1.29 is 5.11 Å². The summed E-state index contributed by atoms with van der Waals surface area (Å²) in [5.41, 5.74) is 4.57. The van der Waals surface area contributed by atoms with E-state index in [1.807, 2.05) is 61.6 Å². The molecule has 2 aromatic heterocycles. The second-order valence-electron chi connectivity index (χ2n) is 5.76. The predicted molar refractivity (Wildman–Crippen MR) is 98.1 cm³/mol. The summed E-state index contributed by atoms with van der Waals surface area (Å²) in [6, 6.07) is 17.3. The van der Waals surface area contributed by atoms with Gasteiger partial charge in [-0.15, -0.1) is 10.2 Å². The fraction of sp³-hybridized carbons (Fsp3) is 0.105. The molecule has 0 spiro atoms. The van der Waals surface area contributed by atoms with Gasteiger partial charge in [0.1, 0.15) is 11.4 Å². The van der Waals surface area contributed by atoms with Gasteiger partial charge < -0.3 is 5.11 Å². The first-order valence-electron chi connectivity index (χ1n) is 7.83. The summed E-state index contributed by atoms with van der Waals surface area (Å²) in [6.07, 6.45) is 0. The Hall–Kier alpha value is -2.76. The van der Waals surface area contributed by atoms with Crippen LogP contribution in [0, 0.1) is 0 Å². The zero-order valence-electron chi connectivity index (χ0n) is 13.5. The number of aryl methyl sites for hydroxylation is 1. The van der Waals surface area contributed by atoms with Crippen LogP contribution in [0.1, 0.15) is 5.56 Å². The van der Waals surface area contributed by atoms with Crippen molar-refractivity contribution in [3.05, 3.63) is 65.2 Å². The van der Waals surface area contributed by atoms with Gasteiger partial charge >= 0.3 is 0 Å². The van der Waals surface area contributed by atoms with E-state index in [0.717, 1.165) is 27.8 Å². The van der Waals surface area contributed by atoms with Gasteiger partial charge in [0.2, 0.25) is 0 Å². The highest BCUT2D eigenvalue weighted by Crippen LogP contribution is 2.37. The van der Waals surface area contributed by atoms with E-state index < -0.39 is 0 Å². The maximum absolute atomic E-state index is 9.40. The van der Waals surface area contributed by atoms with Crippen molar-refractivity contribution in [1.82, 2.24) is 20.0 Å². The second kappa shape index (κ2) is 6.27. The molecule has 0 fully saturated rings. The SMILES string of the molecule is Cn1nc(-c2cccc(CO)c2)c2c(Cl)c(-c3ccccc3)nnc21. The molecule has 0 saturated carbocycles. The van der Waals surface area contributed by atoms with Crippen LogP contribution in [0.3, 0.4) is 0 Å². The van der Waals surface area contributed by atoms with E-state index in [-0.39, 0.29) is 6.61 Å². The molecule has 0 aliphatic heterocycles. The third-order valence-corrected chi connectivity index (χ3v) is 4.49. The summed E-state index contributed by atoms with van der Waals surface area (Å²) in [6.45, 7) is -0.0264. The van der Waals surface area contributed by atoms with Gasteiger partial charge in [-0.1, -0.05) is 60.1 Å². The lowest BCUT2D eigenvalue weighted by molar-refractivity contribution is 0.282. The van der Waals surface area contributed by atoms with E-state index in [1.54, 1.807) is 4.68 Å². The molecule has 4 aromatic rings. The first-order chi connectivity index (χ1) is 12.2. The minimum Gasteiger partial charge on any atom is -0.392 e. The van der Waals surface area contributed by atoms with Gasteiger partial charge in [0.25, 0.3) is 0 Å². The van der Waals surface area contributed by atoms with Gasteiger partial charge in [0, 0.05) is 18.2 Å². The molecule has 0 aliphatic rings. The average molecular weight is 351 g/mol. The van der Waals surface area contributed by atoms with Crippen molar-refractivity contribution in [2.45, 2.75) is 6.61 Å². The molecule has 1 N–H and O–H groups in total. The van der Waals surface area contributed by atoms with Gasteiger partial charge in [0.15, 0.2) is 5.65 Å². The van der Waals surface area contributed by atoms with Crippen LogP contribution in [0.2, 0.25) is 5.02 Å². The Morgan fingerprint density at radius 2 is 1.72 bits per heavy atom. The third-order valence-electron chi connectivity index (χ3n) is 4.12. The van der Waals surface area contributed by atoms with E-state index >= 15 is 0 Å². The molecular weight excluding hydrogens is 336 g/mol. The van der Waals surface area contributed by atoms with Crippen molar-refractivity contribution in [3.8, 4) is 22.5 Å².